The number of halogens is 3. The first kappa shape index (κ1) is 20.3. The van der Waals surface area contributed by atoms with Crippen molar-refractivity contribution in [3.8, 4) is 11.6 Å². The number of esters is 1. The zero-order valence-electron chi connectivity index (χ0n) is 15.6. The summed E-state index contributed by atoms with van der Waals surface area (Å²) in [6, 6.07) is 9.14. The topological polar surface area (TPSA) is 79.1 Å². The Hall–Kier alpha value is -3.43. The highest BCUT2D eigenvalue weighted by Crippen LogP contribution is 2.28. The first-order chi connectivity index (χ1) is 13.8. The second-order valence-electron chi connectivity index (χ2n) is 6.16. The number of nitrogens with zero attached hydrogens (tertiary/aromatic N) is 4. The second-order valence-corrected chi connectivity index (χ2v) is 6.16. The number of methoxy groups -OCH3 is 1. The van der Waals surface area contributed by atoms with Gasteiger partial charge in [-0.25, -0.2) is 9.67 Å². The van der Waals surface area contributed by atoms with Crippen LogP contribution in [-0.2, 0) is 22.3 Å². The van der Waals surface area contributed by atoms with Crippen LogP contribution in [0.2, 0.25) is 0 Å². The molecule has 0 saturated carbocycles. The summed E-state index contributed by atoms with van der Waals surface area (Å²) in [5, 5.41) is 7.64. The summed E-state index contributed by atoms with van der Waals surface area (Å²) >= 11 is 0. The molecular formula is C19H17F3N4O3. The number of ether oxygens (including phenoxy) is 2. The molecule has 0 amide bonds. The Morgan fingerprint density at radius 2 is 1.90 bits per heavy atom. The third-order valence-electron chi connectivity index (χ3n) is 4.18. The van der Waals surface area contributed by atoms with Gasteiger partial charge in [0.05, 0.1) is 24.8 Å². The van der Waals surface area contributed by atoms with Gasteiger partial charge < -0.3 is 9.47 Å². The minimum atomic E-state index is -4.46. The van der Waals surface area contributed by atoms with E-state index in [2.05, 4.69) is 15.3 Å². The monoisotopic (exact) mass is 406 g/mol. The number of alkyl halides is 3. The van der Waals surface area contributed by atoms with Gasteiger partial charge in [-0.15, -0.1) is 5.10 Å². The Kier molecular flexibility index (Phi) is 5.81. The molecule has 1 aromatic carbocycles. The molecule has 10 heteroatoms. The lowest BCUT2D eigenvalue weighted by Gasteiger charge is -2.11. The fourth-order valence-electron chi connectivity index (χ4n) is 2.46. The Morgan fingerprint density at radius 3 is 2.48 bits per heavy atom. The number of pyridine rings is 1. The van der Waals surface area contributed by atoms with Crippen molar-refractivity contribution in [3.05, 3.63) is 65.6 Å². The van der Waals surface area contributed by atoms with Crippen molar-refractivity contribution in [2.75, 3.05) is 7.11 Å². The summed E-state index contributed by atoms with van der Waals surface area (Å²) in [6.07, 6.45) is -2.32. The van der Waals surface area contributed by atoms with Gasteiger partial charge in [0, 0.05) is 6.20 Å². The normalized spacial score (nSPS) is 12.4. The summed E-state index contributed by atoms with van der Waals surface area (Å²) in [5.74, 6) is -0.0950. The maximum Gasteiger partial charge on any atom is 0.417 e. The SMILES string of the molecule is COc1ccc(C(C)C(=O)OCc2cn(-c3ccc(C(F)(F)F)cn3)nn2)cc1. The summed E-state index contributed by atoms with van der Waals surface area (Å²) in [4.78, 5) is 16.0. The highest BCUT2D eigenvalue weighted by Gasteiger charge is 2.30. The van der Waals surface area contributed by atoms with Crippen molar-refractivity contribution < 1.29 is 27.4 Å². The number of benzene rings is 1. The molecule has 0 saturated heterocycles. The van der Waals surface area contributed by atoms with E-state index in [1.165, 1.54) is 16.9 Å². The number of aromatic nitrogens is 4. The van der Waals surface area contributed by atoms with Gasteiger partial charge in [-0.05, 0) is 36.8 Å². The van der Waals surface area contributed by atoms with Gasteiger partial charge in [-0.1, -0.05) is 17.3 Å². The van der Waals surface area contributed by atoms with Gasteiger partial charge >= 0.3 is 12.1 Å². The Bertz CT molecular complexity index is 970. The molecule has 0 fully saturated rings. The van der Waals surface area contributed by atoms with Crippen LogP contribution in [0.1, 0.15) is 29.7 Å². The molecule has 0 aliphatic heterocycles. The molecule has 3 rings (SSSR count). The van der Waals surface area contributed by atoms with Crippen LogP contribution in [0.15, 0.2) is 48.8 Å². The molecule has 1 atom stereocenters. The molecule has 1 unspecified atom stereocenters. The Balaban J connectivity index is 1.60. The van der Waals surface area contributed by atoms with E-state index in [4.69, 9.17) is 9.47 Å². The molecular weight excluding hydrogens is 389 g/mol. The van der Waals surface area contributed by atoms with Crippen molar-refractivity contribution in [1.82, 2.24) is 20.0 Å². The average Bonchev–Trinajstić information content (AvgIpc) is 3.20. The first-order valence-corrected chi connectivity index (χ1v) is 8.53. The predicted molar refractivity (Wildman–Crippen MR) is 95.4 cm³/mol. The van der Waals surface area contributed by atoms with Crippen LogP contribution in [0.4, 0.5) is 13.2 Å². The van der Waals surface area contributed by atoms with Crippen LogP contribution in [0.25, 0.3) is 5.82 Å². The molecule has 0 radical (unpaired) electrons. The van der Waals surface area contributed by atoms with Crippen LogP contribution < -0.4 is 4.74 Å². The lowest BCUT2D eigenvalue weighted by atomic mass is 10.0. The van der Waals surface area contributed by atoms with E-state index in [1.54, 1.807) is 38.3 Å². The quantitative estimate of drug-likeness (QED) is 0.583. The Morgan fingerprint density at radius 1 is 1.17 bits per heavy atom. The molecule has 0 N–H and O–H groups in total. The predicted octanol–water partition coefficient (Wildman–Crippen LogP) is 3.54. The van der Waals surface area contributed by atoms with Crippen LogP contribution in [0.5, 0.6) is 5.75 Å². The Labute approximate surface area is 164 Å². The van der Waals surface area contributed by atoms with E-state index in [0.717, 1.165) is 11.6 Å². The molecule has 0 aliphatic rings. The molecule has 0 spiro atoms. The van der Waals surface area contributed by atoms with Crippen LogP contribution in [0.3, 0.4) is 0 Å². The van der Waals surface area contributed by atoms with Crippen LogP contribution >= 0.6 is 0 Å². The largest absolute Gasteiger partial charge is 0.497 e. The maximum atomic E-state index is 12.6. The maximum absolute atomic E-state index is 12.6. The minimum Gasteiger partial charge on any atom is -0.497 e. The van der Waals surface area contributed by atoms with Crippen LogP contribution in [0, 0.1) is 0 Å². The van der Waals surface area contributed by atoms with Gasteiger partial charge in [0.2, 0.25) is 0 Å². The van der Waals surface area contributed by atoms with Gasteiger partial charge in [0.15, 0.2) is 5.82 Å². The molecule has 0 bridgehead atoms. The van der Waals surface area contributed by atoms with Gasteiger partial charge in [0.25, 0.3) is 0 Å². The first-order valence-electron chi connectivity index (χ1n) is 8.53. The van der Waals surface area contributed by atoms with Crippen molar-refractivity contribution >= 4 is 5.97 Å². The lowest BCUT2D eigenvalue weighted by Crippen LogP contribution is -2.13. The van der Waals surface area contributed by atoms with Crippen molar-refractivity contribution in [3.63, 3.8) is 0 Å². The highest BCUT2D eigenvalue weighted by molar-refractivity contribution is 5.77. The van der Waals surface area contributed by atoms with Gasteiger partial charge in [-0.2, -0.15) is 13.2 Å². The van der Waals surface area contributed by atoms with Gasteiger partial charge in [0.1, 0.15) is 18.1 Å². The standard InChI is InChI=1S/C19H17F3N4O3/c1-12(13-3-6-16(28-2)7-4-13)18(27)29-11-15-10-26(25-24-15)17-8-5-14(9-23-17)19(20,21)22/h3-10,12H,11H2,1-2H3. The molecule has 2 heterocycles. The summed E-state index contributed by atoms with van der Waals surface area (Å²) < 4.78 is 49.3. The fourth-order valence-corrected chi connectivity index (χ4v) is 2.46. The van der Waals surface area contributed by atoms with E-state index >= 15 is 0 Å². The summed E-state index contributed by atoms with van der Waals surface area (Å²) in [5.41, 5.74) is 0.249. The second kappa shape index (κ2) is 8.29. The highest BCUT2D eigenvalue weighted by atomic mass is 19.4. The molecule has 29 heavy (non-hydrogen) atoms. The van der Waals surface area contributed by atoms with E-state index in [0.29, 0.717) is 17.6 Å². The number of hydrogen-bond acceptors (Lipinski definition) is 6. The third kappa shape index (κ3) is 4.89. The number of rotatable bonds is 6. The summed E-state index contributed by atoms with van der Waals surface area (Å²) in [7, 11) is 1.56. The van der Waals surface area contributed by atoms with Crippen molar-refractivity contribution in [2.45, 2.75) is 25.6 Å². The molecule has 0 aliphatic carbocycles. The van der Waals surface area contributed by atoms with Crippen molar-refractivity contribution in [1.29, 1.82) is 0 Å². The molecule has 7 nitrogen and oxygen atoms in total. The van der Waals surface area contributed by atoms with Crippen molar-refractivity contribution in [2.24, 2.45) is 0 Å². The van der Waals surface area contributed by atoms with E-state index < -0.39 is 23.6 Å². The molecule has 152 valence electrons. The molecule has 2 aromatic heterocycles. The van der Waals surface area contributed by atoms with E-state index in [1.807, 2.05) is 0 Å². The zero-order chi connectivity index (χ0) is 21.0. The number of hydrogen-bond donors (Lipinski definition) is 0. The zero-order valence-corrected chi connectivity index (χ0v) is 15.6. The number of carbonyl (C=O) groups is 1. The minimum absolute atomic E-state index is 0.125. The van der Waals surface area contributed by atoms with Crippen LogP contribution in [-0.4, -0.2) is 33.1 Å². The van der Waals surface area contributed by atoms with E-state index in [-0.39, 0.29) is 12.4 Å². The average molecular weight is 406 g/mol. The fraction of sp³-hybridized carbons (Fsp3) is 0.263. The third-order valence-corrected chi connectivity index (χ3v) is 4.18. The van der Waals surface area contributed by atoms with Gasteiger partial charge in [-0.3, -0.25) is 4.79 Å². The smallest absolute Gasteiger partial charge is 0.417 e. The number of carbonyl (C=O) groups excluding carboxylic acids is 1. The lowest BCUT2D eigenvalue weighted by molar-refractivity contribution is -0.146. The molecule has 3 aromatic rings. The summed E-state index contributed by atoms with van der Waals surface area (Å²) in [6.45, 7) is 1.59. The van der Waals surface area contributed by atoms with E-state index in [9.17, 15) is 18.0 Å².